The van der Waals surface area contributed by atoms with E-state index in [0.29, 0.717) is 41.1 Å². The fourth-order valence-electron chi connectivity index (χ4n) is 3.53. The van der Waals surface area contributed by atoms with E-state index in [1.165, 1.54) is 10.2 Å². The van der Waals surface area contributed by atoms with E-state index in [1.807, 2.05) is 43.3 Å². The van der Waals surface area contributed by atoms with Crippen LogP contribution in [-0.2, 0) is 13.0 Å². The van der Waals surface area contributed by atoms with Crippen molar-refractivity contribution in [1.29, 1.82) is 0 Å². The van der Waals surface area contributed by atoms with Gasteiger partial charge in [0.15, 0.2) is 23.0 Å². The maximum atomic E-state index is 12.7. The lowest BCUT2D eigenvalue weighted by molar-refractivity contribution is 0.102. The Morgan fingerprint density at radius 3 is 2.60 bits per heavy atom. The lowest BCUT2D eigenvalue weighted by Gasteiger charge is -2.09. The summed E-state index contributed by atoms with van der Waals surface area (Å²) in [6.07, 6.45) is 0.921. The zero-order chi connectivity index (χ0) is 24.9. The van der Waals surface area contributed by atoms with E-state index in [0.717, 1.165) is 12.0 Å². The average Bonchev–Trinajstić information content (AvgIpc) is 3.42. The number of anilines is 2. The van der Waals surface area contributed by atoms with Crippen LogP contribution in [-0.4, -0.2) is 39.6 Å². The smallest absolute Gasteiger partial charge is 0.280 e. The van der Waals surface area contributed by atoms with Gasteiger partial charge >= 0.3 is 0 Å². The number of carbonyl (C=O) groups excluding carboxylic acids is 1. The molecule has 3 N–H and O–H groups in total. The zero-order valence-corrected chi connectivity index (χ0v) is 20.2. The number of aromatic nitrogens is 4. The third kappa shape index (κ3) is 5.11. The molecule has 0 spiro atoms. The molecule has 0 saturated carbocycles. The Morgan fingerprint density at radius 2 is 1.91 bits per heavy atom. The van der Waals surface area contributed by atoms with Crippen LogP contribution in [0.2, 0.25) is 0 Å². The summed E-state index contributed by atoms with van der Waals surface area (Å²) in [5, 5.41) is 10.8. The molecule has 0 fully saturated rings. The molecule has 0 unspecified atom stereocenters. The van der Waals surface area contributed by atoms with Crippen molar-refractivity contribution in [2.24, 2.45) is 0 Å². The first-order chi connectivity index (χ1) is 16.9. The molecule has 4 aromatic rings. The Morgan fingerprint density at radius 1 is 1.14 bits per heavy atom. The number of nitrogen functional groups attached to an aromatic ring is 1. The quantitative estimate of drug-likeness (QED) is 0.369. The number of carbonyl (C=O) groups is 1. The first kappa shape index (κ1) is 23.8. The van der Waals surface area contributed by atoms with Crippen LogP contribution in [0.15, 0.2) is 46.9 Å². The van der Waals surface area contributed by atoms with Gasteiger partial charge in [-0.3, -0.25) is 4.79 Å². The molecule has 0 radical (unpaired) electrons. The predicted molar refractivity (Wildman–Crippen MR) is 132 cm³/mol. The molecule has 4 rings (SSSR count). The highest BCUT2D eigenvalue weighted by molar-refractivity contribution is 6.05. The Hall–Kier alpha value is -4.34. The topological polar surface area (TPSA) is 130 Å². The number of nitrogens with zero attached hydrogens (tertiary/aromatic N) is 4. The van der Waals surface area contributed by atoms with Crippen LogP contribution in [0, 0.1) is 6.92 Å². The van der Waals surface area contributed by atoms with Gasteiger partial charge in [-0.25, -0.2) is 9.67 Å². The predicted octanol–water partition coefficient (Wildman–Crippen LogP) is 4.09. The van der Waals surface area contributed by atoms with Crippen LogP contribution in [0.25, 0.3) is 11.5 Å². The molecule has 10 nitrogen and oxygen atoms in total. The molecule has 2 aromatic heterocycles. The fraction of sp³-hybridized carbons (Fsp3) is 0.280. The Bertz CT molecular complexity index is 1330. The van der Waals surface area contributed by atoms with Gasteiger partial charge in [0.1, 0.15) is 11.5 Å². The second-order valence-electron chi connectivity index (χ2n) is 7.81. The van der Waals surface area contributed by atoms with Gasteiger partial charge in [-0.05, 0) is 56.2 Å². The highest BCUT2D eigenvalue weighted by atomic mass is 16.5. The summed E-state index contributed by atoms with van der Waals surface area (Å²) in [4.78, 5) is 17.3. The number of ether oxygens (including phenoxy) is 2. The molecule has 35 heavy (non-hydrogen) atoms. The highest BCUT2D eigenvalue weighted by Crippen LogP contribution is 2.33. The lowest BCUT2D eigenvalue weighted by Crippen LogP contribution is -2.15. The number of nitrogens with one attached hydrogen (secondary N) is 1. The third-order valence-electron chi connectivity index (χ3n) is 5.51. The minimum Gasteiger partial charge on any atom is -0.493 e. The van der Waals surface area contributed by atoms with E-state index in [4.69, 9.17) is 19.6 Å². The summed E-state index contributed by atoms with van der Waals surface area (Å²) in [6, 6.07) is 13.1. The number of nitrogens with two attached hydrogens (primary N) is 1. The maximum Gasteiger partial charge on any atom is 0.280 e. The van der Waals surface area contributed by atoms with Crippen molar-refractivity contribution in [2.75, 3.05) is 24.8 Å². The van der Waals surface area contributed by atoms with Crippen LogP contribution in [0.4, 0.5) is 11.5 Å². The molecule has 0 atom stereocenters. The first-order valence-corrected chi connectivity index (χ1v) is 11.3. The van der Waals surface area contributed by atoms with E-state index in [9.17, 15) is 4.79 Å². The fourth-order valence-corrected chi connectivity index (χ4v) is 3.53. The van der Waals surface area contributed by atoms with Crippen molar-refractivity contribution in [3.05, 3.63) is 65.2 Å². The van der Waals surface area contributed by atoms with Gasteiger partial charge in [-0.2, -0.15) is 0 Å². The van der Waals surface area contributed by atoms with Gasteiger partial charge < -0.3 is 24.9 Å². The van der Waals surface area contributed by atoms with E-state index < -0.39 is 5.91 Å². The molecule has 2 heterocycles. The number of amides is 1. The van der Waals surface area contributed by atoms with E-state index in [-0.39, 0.29) is 18.1 Å². The summed E-state index contributed by atoms with van der Waals surface area (Å²) in [7, 11) is 1.58. The molecular weight excluding hydrogens is 448 g/mol. The van der Waals surface area contributed by atoms with Crippen LogP contribution in [0.1, 0.15) is 41.4 Å². The third-order valence-corrected chi connectivity index (χ3v) is 5.51. The Kier molecular flexibility index (Phi) is 7.00. The zero-order valence-electron chi connectivity index (χ0n) is 20.2. The normalized spacial score (nSPS) is 10.9. The van der Waals surface area contributed by atoms with E-state index in [2.05, 4.69) is 27.5 Å². The van der Waals surface area contributed by atoms with E-state index in [1.54, 1.807) is 20.1 Å². The average molecular weight is 477 g/mol. The molecule has 2 aromatic carbocycles. The largest absolute Gasteiger partial charge is 0.493 e. The summed E-state index contributed by atoms with van der Waals surface area (Å²) in [5.41, 5.74) is 9.42. The van der Waals surface area contributed by atoms with Crippen molar-refractivity contribution >= 4 is 17.4 Å². The number of oxazole rings is 1. The van der Waals surface area contributed by atoms with Gasteiger partial charge in [-0.1, -0.05) is 24.3 Å². The first-order valence-electron chi connectivity index (χ1n) is 11.3. The molecule has 0 aliphatic carbocycles. The van der Waals surface area contributed by atoms with Gasteiger partial charge in [0.2, 0.25) is 5.89 Å². The van der Waals surface area contributed by atoms with Crippen molar-refractivity contribution in [2.45, 2.75) is 33.7 Å². The number of benzene rings is 2. The number of hydrogen-bond donors (Lipinski definition) is 2. The number of methoxy groups -OCH3 is 1. The van der Waals surface area contributed by atoms with Gasteiger partial charge in [0.25, 0.3) is 5.91 Å². The summed E-state index contributed by atoms with van der Waals surface area (Å²) in [5.74, 6) is 1.96. The van der Waals surface area contributed by atoms with Gasteiger partial charge in [0.05, 0.1) is 20.3 Å². The number of rotatable bonds is 9. The summed E-state index contributed by atoms with van der Waals surface area (Å²) >= 11 is 0. The molecule has 0 aliphatic rings. The summed E-state index contributed by atoms with van der Waals surface area (Å²) in [6.45, 7) is 6.51. The molecule has 182 valence electrons. The Labute approximate surface area is 203 Å². The van der Waals surface area contributed by atoms with Gasteiger partial charge in [-0.15, -0.1) is 5.10 Å². The standard InChI is InChI=1S/C25H28N6O4/c1-5-16-7-10-18(11-8-16)27-24(32)22-23(26)31(30-29-22)14-19-15(3)35-25(28-19)17-9-12-20(34-6-2)21(13-17)33-4/h7-13H,5-6,14,26H2,1-4H3,(H,27,32). The van der Waals surface area contributed by atoms with E-state index >= 15 is 0 Å². The molecule has 1 amide bonds. The second-order valence-corrected chi connectivity index (χ2v) is 7.81. The van der Waals surface area contributed by atoms with Crippen LogP contribution < -0.4 is 20.5 Å². The highest BCUT2D eigenvalue weighted by Gasteiger charge is 2.20. The minimum atomic E-state index is -0.433. The SMILES string of the molecule is CCOc1ccc(-c2nc(Cn3nnc(C(=O)Nc4ccc(CC)cc4)c3N)c(C)o2)cc1OC. The molecule has 0 bridgehead atoms. The van der Waals surface area contributed by atoms with Crippen molar-refractivity contribution in [3.8, 4) is 23.0 Å². The number of aryl methyl sites for hydroxylation is 2. The van der Waals surface area contributed by atoms with Gasteiger partial charge in [0, 0.05) is 11.3 Å². The van der Waals surface area contributed by atoms with Crippen molar-refractivity contribution in [3.63, 3.8) is 0 Å². The monoisotopic (exact) mass is 476 g/mol. The van der Waals surface area contributed by atoms with Crippen LogP contribution in [0.5, 0.6) is 11.5 Å². The number of hydrogen-bond acceptors (Lipinski definition) is 8. The minimum absolute atomic E-state index is 0.0437. The summed E-state index contributed by atoms with van der Waals surface area (Å²) < 4.78 is 18.3. The molecule has 0 saturated heterocycles. The van der Waals surface area contributed by atoms with Crippen molar-refractivity contribution < 1.29 is 18.7 Å². The second kappa shape index (κ2) is 10.3. The molecule has 0 aliphatic heterocycles. The molecule has 10 heteroatoms. The maximum absolute atomic E-state index is 12.7. The lowest BCUT2D eigenvalue weighted by atomic mass is 10.1. The van der Waals surface area contributed by atoms with Crippen LogP contribution in [0.3, 0.4) is 0 Å². The Balaban J connectivity index is 1.51. The van der Waals surface area contributed by atoms with Crippen LogP contribution >= 0.6 is 0 Å². The van der Waals surface area contributed by atoms with Crippen molar-refractivity contribution in [1.82, 2.24) is 20.0 Å². The molecular formula is C25H28N6O4.